The fraction of sp³-hybridized carbons (Fsp3) is 0.833. The molecular weight excluding hydrogens is 180 g/mol. The van der Waals surface area contributed by atoms with Crippen LogP contribution >= 0.6 is 12.2 Å². The third-order valence-electron chi connectivity index (χ3n) is 0.771. The van der Waals surface area contributed by atoms with E-state index in [2.05, 4.69) is 51.7 Å². The molecule has 0 amide bonds. The molecule has 0 fully saturated rings. The minimum absolute atomic E-state index is 0.0833. The van der Waals surface area contributed by atoms with Crippen LogP contribution in [0.2, 0.25) is 0 Å². The van der Waals surface area contributed by atoms with Gasteiger partial charge in [0, 0.05) is 0 Å². The summed E-state index contributed by atoms with van der Waals surface area (Å²) in [6, 6.07) is 0. The summed E-state index contributed by atoms with van der Waals surface area (Å²) in [5.74, 6) is 0. The van der Waals surface area contributed by atoms with Crippen molar-refractivity contribution in [3.63, 3.8) is 0 Å². The number of aliphatic hydroxyl groups is 1. The molecule has 0 aromatic carbocycles. The molecule has 0 aliphatic heterocycles. The van der Waals surface area contributed by atoms with E-state index in [9.17, 15) is 0 Å². The van der Waals surface area contributed by atoms with Crippen LogP contribution in [-0.2, 0) is 12.6 Å². The lowest BCUT2D eigenvalue weighted by Crippen LogP contribution is -2.36. The topological polar surface area (TPSA) is 46.2 Å². The van der Waals surface area contributed by atoms with Crippen LogP contribution in [0.1, 0.15) is 0 Å². The Bertz CT molecular complexity index is 108. The van der Waals surface area contributed by atoms with Crippen LogP contribution in [0, 0.1) is 0 Å². The van der Waals surface area contributed by atoms with Crippen LogP contribution < -0.4 is 5.73 Å². The maximum absolute atomic E-state index is 8.39. The lowest BCUT2D eigenvalue weighted by molar-refractivity contribution is -0.870. The number of hydrogen-bond donors (Lipinski definition) is 2. The zero-order chi connectivity index (χ0) is 9.49. The van der Waals surface area contributed by atoms with Gasteiger partial charge in [-0.1, -0.05) is 4.32 Å². The first-order valence-electron chi connectivity index (χ1n) is 3.17. The van der Waals surface area contributed by atoms with Crippen molar-refractivity contribution in [2.75, 3.05) is 34.3 Å². The summed E-state index contributed by atoms with van der Waals surface area (Å²) in [5, 5.41) is 8.39. The summed E-state index contributed by atoms with van der Waals surface area (Å²) >= 11 is 8.26. The Balaban J connectivity index is 0. The van der Waals surface area contributed by atoms with Gasteiger partial charge in [-0.15, -0.1) is 0 Å². The number of quaternary nitrogens is 1. The molecule has 0 atom stereocenters. The summed E-state index contributed by atoms with van der Waals surface area (Å²) in [6.45, 7) is 1.11. The van der Waals surface area contributed by atoms with Gasteiger partial charge in [0.2, 0.25) is 0 Å². The molecule has 0 radical (unpaired) electrons. The van der Waals surface area contributed by atoms with E-state index >= 15 is 0 Å². The Morgan fingerprint density at radius 1 is 1.55 bits per heavy atom. The number of likely N-dealkylation sites (N-methyl/N-ethyl adjacent to an activating group) is 1. The Kier molecular flexibility index (Phi) is 8.32. The standard InChI is InChI=1S/C5H14NO.CH3NS2/c1-6(2,3)4-5-7;2-1(3)4/h7H,4-5H2,1-3H3;(H3,2,3,4)/q+1;/p-1. The molecule has 0 spiro atoms. The first-order chi connectivity index (χ1) is 4.79. The molecule has 0 aromatic heterocycles. The Labute approximate surface area is 79.2 Å². The van der Waals surface area contributed by atoms with E-state index < -0.39 is 0 Å². The number of thiocarbonyl (C=S) groups is 1. The molecule has 0 rings (SSSR count). The van der Waals surface area contributed by atoms with Crippen molar-refractivity contribution in [1.82, 2.24) is 0 Å². The summed E-state index contributed by atoms with van der Waals surface area (Å²) in [7, 11) is 6.16. The highest BCUT2D eigenvalue weighted by Crippen LogP contribution is 1.84. The van der Waals surface area contributed by atoms with Crippen LogP contribution in [0.25, 0.3) is 0 Å². The maximum atomic E-state index is 8.39. The Morgan fingerprint density at radius 2 is 1.82 bits per heavy atom. The Morgan fingerprint density at radius 3 is 1.82 bits per heavy atom. The van der Waals surface area contributed by atoms with Crippen molar-refractivity contribution < 1.29 is 9.59 Å². The van der Waals surface area contributed by atoms with Crippen LogP contribution in [0.3, 0.4) is 0 Å². The normalized spacial score (nSPS) is 9.82. The van der Waals surface area contributed by atoms with Crippen molar-refractivity contribution in [2.24, 2.45) is 5.73 Å². The van der Waals surface area contributed by atoms with Crippen molar-refractivity contribution in [3.05, 3.63) is 0 Å². The van der Waals surface area contributed by atoms with Crippen LogP contribution in [0.5, 0.6) is 0 Å². The fourth-order valence-corrected chi connectivity index (χ4v) is 0.300. The largest absolute Gasteiger partial charge is 0.415 e. The number of rotatable bonds is 2. The third-order valence-corrected chi connectivity index (χ3v) is 0.771. The van der Waals surface area contributed by atoms with Crippen molar-refractivity contribution >= 4 is 29.2 Å². The predicted molar refractivity (Wildman–Crippen MR) is 54.1 cm³/mol. The summed E-state index contributed by atoms with van der Waals surface area (Å²) in [6.07, 6.45) is 0. The minimum atomic E-state index is 0.0833. The molecule has 0 aliphatic carbocycles. The van der Waals surface area contributed by atoms with Crippen molar-refractivity contribution in [3.8, 4) is 0 Å². The first kappa shape index (κ1) is 13.6. The fourth-order valence-electron chi connectivity index (χ4n) is 0.300. The molecule has 0 aliphatic rings. The maximum Gasteiger partial charge on any atom is 0.101 e. The van der Waals surface area contributed by atoms with Crippen LogP contribution in [0.15, 0.2) is 0 Å². The van der Waals surface area contributed by atoms with Crippen LogP contribution in [-0.4, -0.2) is 48.2 Å². The average Bonchev–Trinajstić information content (AvgIpc) is 1.58. The van der Waals surface area contributed by atoms with Gasteiger partial charge >= 0.3 is 0 Å². The zero-order valence-corrected chi connectivity index (χ0v) is 8.84. The molecule has 5 heteroatoms. The molecule has 0 heterocycles. The van der Waals surface area contributed by atoms with E-state index in [4.69, 9.17) is 5.11 Å². The molecule has 3 nitrogen and oxygen atoms in total. The van der Waals surface area contributed by atoms with Crippen molar-refractivity contribution in [2.45, 2.75) is 0 Å². The second-order valence-corrected chi connectivity index (χ2v) is 4.19. The van der Waals surface area contributed by atoms with E-state index in [1.54, 1.807) is 0 Å². The number of nitrogens with zero attached hydrogens (tertiary/aromatic N) is 1. The summed E-state index contributed by atoms with van der Waals surface area (Å²) < 4.78 is 0.927. The highest BCUT2D eigenvalue weighted by atomic mass is 32.1. The molecule has 3 N–H and O–H groups in total. The molecule has 0 unspecified atom stereocenters. The van der Waals surface area contributed by atoms with E-state index in [0.29, 0.717) is 0 Å². The van der Waals surface area contributed by atoms with Crippen LogP contribution in [0.4, 0.5) is 0 Å². The third kappa shape index (κ3) is 39.8. The highest BCUT2D eigenvalue weighted by molar-refractivity contribution is 8.00. The quantitative estimate of drug-likeness (QED) is 0.354. The van der Waals surface area contributed by atoms with E-state index in [1.165, 1.54) is 0 Å². The molecule has 0 bridgehead atoms. The highest BCUT2D eigenvalue weighted by Gasteiger charge is 2.02. The second-order valence-electron chi connectivity index (χ2n) is 3.06. The van der Waals surface area contributed by atoms with Gasteiger partial charge in [-0.25, -0.2) is 0 Å². The number of aliphatic hydroxyl groups excluding tert-OH is 1. The van der Waals surface area contributed by atoms with E-state index in [0.717, 1.165) is 11.0 Å². The smallest absolute Gasteiger partial charge is 0.101 e. The van der Waals surface area contributed by atoms with Gasteiger partial charge in [0.15, 0.2) is 0 Å². The summed E-state index contributed by atoms with van der Waals surface area (Å²) in [5.41, 5.74) is 4.66. The SMILES string of the molecule is C[N+](C)(C)CCO.NC(=S)[S-]. The molecule has 0 aromatic rings. The van der Waals surface area contributed by atoms with Gasteiger partial charge in [-0.3, -0.25) is 0 Å². The van der Waals surface area contributed by atoms with E-state index in [-0.39, 0.29) is 10.9 Å². The monoisotopic (exact) mass is 196 g/mol. The lowest BCUT2D eigenvalue weighted by Gasteiger charge is -2.21. The predicted octanol–water partition coefficient (Wildman–Crippen LogP) is -0.538. The average molecular weight is 196 g/mol. The molecule has 11 heavy (non-hydrogen) atoms. The molecule has 0 saturated heterocycles. The number of hydrogen-bond acceptors (Lipinski definition) is 3. The van der Waals surface area contributed by atoms with Crippen molar-refractivity contribution in [1.29, 1.82) is 0 Å². The lowest BCUT2D eigenvalue weighted by atomic mass is 10.5. The van der Waals surface area contributed by atoms with Gasteiger partial charge in [-0.2, -0.15) is 0 Å². The van der Waals surface area contributed by atoms with Gasteiger partial charge in [0.25, 0.3) is 0 Å². The van der Waals surface area contributed by atoms with Gasteiger partial charge in [-0.05, 0) is 0 Å². The molecule has 68 valence electrons. The number of nitrogens with two attached hydrogens (primary N) is 1. The first-order valence-corrected chi connectivity index (χ1v) is 3.99. The molecular formula is C6H16N2OS2. The minimum Gasteiger partial charge on any atom is -0.415 e. The van der Waals surface area contributed by atoms with Gasteiger partial charge < -0.3 is 40.2 Å². The summed E-state index contributed by atoms with van der Waals surface area (Å²) in [4.78, 5) is 0. The van der Waals surface area contributed by atoms with Gasteiger partial charge in [0.1, 0.15) is 6.54 Å². The zero-order valence-electron chi connectivity index (χ0n) is 7.20. The van der Waals surface area contributed by atoms with E-state index in [1.807, 2.05) is 0 Å². The second kappa shape index (κ2) is 6.72. The Hall–Kier alpha value is 0.0300. The molecule has 0 saturated carbocycles. The van der Waals surface area contributed by atoms with Gasteiger partial charge in [0.05, 0.1) is 27.7 Å².